The molecule has 0 aliphatic rings. The Bertz CT molecular complexity index is 153. The third kappa shape index (κ3) is 7.14. The van der Waals surface area contributed by atoms with Gasteiger partial charge in [-0.1, -0.05) is 32.8 Å². The van der Waals surface area contributed by atoms with Crippen molar-refractivity contribution in [1.82, 2.24) is 0 Å². The van der Waals surface area contributed by atoms with Crippen molar-refractivity contribution in [2.75, 3.05) is 0 Å². The molecule has 0 aromatic rings. The molecule has 2 nitrogen and oxygen atoms in total. The summed E-state index contributed by atoms with van der Waals surface area (Å²) in [5.74, 6) is -0.764. The summed E-state index contributed by atoms with van der Waals surface area (Å²) in [4.78, 5) is 10.5. The summed E-state index contributed by atoms with van der Waals surface area (Å²) in [7, 11) is 0. The fourth-order valence-corrected chi connectivity index (χ4v) is 0.884. The molecular weight excluding hydrogens is 180 g/mol. The predicted octanol–water partition coefficient (Wildman–Crippen LogP) is 1.68. The number of carboxylic acids is 1. The Morgan fingerprint density at radius 2 is 1.92 bits per heavy atom. The van der Waals surface area contributed by atoms with E-state index < -0.39 is 5.97 Å². The van der Waals surface area contributed by atoms with E-state index in [1.165, 1.54) is 0 Å². The molecule has 0 amide bonds. The van der Waals surface area contributed by atoms with Crippen LogP contribution in [-0.2, 0) is 4.79 Å². The molecule has 0 aromatic heterocycles. The van der Waals surface area contributed by atoms with E-state index in [0.29, 0.717) is 12.0 Å². The van der Waals surface area contributed by atoms with Gasteiger partial charge in [0.05, 0.1) is 0 Å². The van der Waals surface area contributed by atoms with Crippen molar-refractivity contribution in [1.29, 1.82) is 0 Å². The number of aliphatic carboxylic acids is 1. The molecule has 68 valence electrons. The third-order valence-corrected chi connectivity index (χ3v) is 1.47. The van der Waals surface area contributed by atoms with Crippen molar-refractivity contribution in [3.63, 3.8) is 0 Å². The second-order valence-electron chi connectivity index (χ2n) is 2.57. The minimum absolute atomic E-state index is 0. The van der Waals surface area contributed by atoms with Gasteiger partial charge in [0.15, 0.2) is 0 Å². The molecule has 3 heteroatoms. The van der Waals surface area contributed by atoms with Gasteiger partial charge in [-0.05, 0) is 12.8 Å². The monoisotopic (exact) mass is 198 g/mol. The number of hydrogen-bond donors (Lipinski definition) is 1. The summed E-state index contributed by atoms with van der Waals surface area (Å²) >= 11 is 0. The molecule has 0 aromatic carbocycles. The van der Waals surface area contributed by atoms with Crippen molar-refractivity contribution >= 4 is 43.7 Å². The van der Waals surface area contributed by atoms with E-state index in [1.807, 2.05) is 19.9 Å². The molecule has 0 radical (unpaired) electrons. The van der Waals surface area contributed by atoms with Gasteiger partial charge in [0, 0.05) is 5.57 Å². The molecule has 0 fully saturated rings. The van der Waals surface area contributed by atoms with Crippen LogP contribution in [0.25, 0.3) is 0 Å². The van der Waals surface area contributed by atoms with Crippen LogP contribution in [0.1, 0.15) is 39.5 Å². The van der Waals surface area contributed by atoms with Crippen molar-refractivity contribution < 1.29 is 9.90 Å². The summed E-state index contributed by atoms with van der Waals surface area (Å²) in [6, 6.07) is 0. The molecule has 1 N–H and O–H groups in total. The number of allylic oxidation sites excluding steroid dienone is 1. The molecule has 0 aliphatic heterocycles. The first-order valence-corrected chi connectivity index (χ1v) is 4.14. The Hall–Kier alpha value is 0.470. The quantitative estimate of drug-likeness (QED) is 0.539. The maximum atomic E-state index is 10.5. The standard InChI is InChI=1S/C9H16O2.Ca.2H/c1-3-5-7-8(6-4-2)9(10)11;;;/h7H,3-6H2,1-2H3,(H,10,11);;;. The Balaban J connectivity index is 0. The topological polar surface area (TPSA) is 37.3 Å². The van der Waals surface area contributed by atoms with Crippen LogP contribution in [0.15, 0.2) is 11.6 Å². The molecule has 0 unspecified atom stereocenters. The van der Waals surface area contributed by atoms with E-state index in [0.717, 1.165) is 19.3 Å². The fraction of sp³-hybridized carbons (Fsp3) is 0.667. The number of carboxylic acid groups (broad SMARTS) is 1. The Kier molecular flexibility index (Phi) is 11.9. The van der Waals surface area contributed by atoms with Gasteiger partial charge in [0.25, 0.3) is 0 Å². The van der Waals surface area contributed by atoms with Gasteiger partial charge >= 0.3 is 43.7 Å². The van der Waals surface area contributed by atoms with Gasteiger partial charge in [-0.2, -0.15) is 0 Å². The number of rotatable bonds is 5. The van der Waals surface area contributed by atoms with Crippen LogP contribution < -0.4 is 0 Å². The fourth-order valence-electron chi connectivity index (χ4n) is 0.884. The number of unbranched alkanes of at least 4 members (excludes halogenated alkanes) is 1. The van der Waals surface area contributed by atoms with Crippen molar-refractivity contribution in [2.45, 2.75) is 39.5 Å². The first-order valence-electron chi connectivity index (χ1n) is 4.14. The van der Waals surface area contributed by atoms with Crippen molar-refractivity contribution in [2.24, 2.45) is 0 Å². The zero-order chi connectivity index (χ0) is 8.69. The normalized spacial score (nSPS) is 10.7. The SMILES string of the molecule is CCCC=C(CCC)C(=O)O.[CaH2]. The average Bonchev–Trinajstić information content (AvgIpc) is 1.97. The molecule has 0 aliphatic carbocycles. The molecule has 0 heterocycles. The summed E-state index contributed by atoms with van der Waals surface area (Å²) in [5.41, 5.74) is 0.564. The van der Waals surface area contributed by atoms with E-state index in [9.17, 15) is 4.79 Å². The molecule has 0 bridgehead atoms. The number of hydrogen-bond acceptors (Lipinski definition) is 1. The summed E-state index contributed by atoms with van der Waals surface area (Å²) in [5, 5.41) is 8.66. The minimum atomic E-state index is -0.764. The van der Waals surface area contributed by atoms with Crippen molar-refractivity contribution in [3.8, 4) is 0 Å². The summed E-state index contributed by atoms with van der Waals surface area (Å²) in [6.07, 6.45) is 5.31. The predicted molar refractivity (Wildman–Crippen MR) is 54.1 cm³/mol. The molecule has 0 spiro atoms. The van der Waals surface area contributed by atoms with Crippen LogP contribution >= 0.6 is 0 Å². The second-order valence-corrected chi connectivity index (χ2v) is 2.57. The Labute approximate surface area is 104 Å². The Morgan fingerprint density at radius 1 is 1.33 bits per heavy atom. The van der Waals surface area contributed by atoms with Crippen LogP contribution in [-0.4, -0.2) is 48.8 Å². The molecule has 0 saturated heterocycles. The summed E-state index contributed by atoms with van der Waals surface area (Å²) in [6.45, 7) is 4.03. The molecule has 0 rings (SSSR count). The van der Waals surface area contributed by atoms with Gasteiger partial charge < -0.3 is 5.11 Å². The van der Waals surface area contributed by atoms with Gasteiger partial charge in [-0.3, -0.25) is 0 Å². The van der Waals surface area contributed by atoms with E-state index in [-0.39, 0.29) is 37.7 Å². The van der Waals surface area contributed by atoms with Gasteiger partial charge in [0.1, 0.15) is 0 Å². The van der Waals surface area contributed by atoms with E-state index in [4.69, 9.17) is 5.11 Å². The van der Waals surface area contributed by atoms with E-state index in [2.05, 4.69) is 0 Å². The summed E-state index contributed by atoms with van der Waals surface area (Å²) < 4.78 is 0. The van der Waals surface area contributed by atoms with Gasteiger partial charge in [0.2, 0.25) is 0 Å². The molecular formula is C9H18CaO2. The zero-order valence-electron chi connectivity index (χ0n) is 7.26. The van der Waals surface area contributed by atoms with Crippen molar-refractivity contribution in [3.05, 3.63) is 11.6 Å². The van der Waals surface area contributed by atoms with Crippen LogP contribution in [0.3, 0.4) is 0 Å². The van der Waals surface area contributed by atoms with Gasteiger partial charge in [-0.25, -0.2) is 4.79 Å². The zero-order valence-corrected chi connectivity index (χ0v) is 7.26. The van der Waals surface area contributed by atoms with Crippen LogP contribution in [0.2, 0.25) is 0 Å². The maximum absolute atomic E-state index is 10.5. The first kappa shape index (κ1) is 15.0. The van der Waals surface area contributed by atoms with Gasteiger partial charge in [-0.15, -0.1) is 0 Å². The first-order chi connectivity index (χ1) is 5.22. The van der Waals surface area contributed by atoms with Crippen LogP contribution in [0.4, 0.5) is 0 Å². The Morgan fingerprint density at radius 3 is 2.25 bits per heavy atom. The molecule has 0 atom stereocenters. The average molecular weight is 198 g/mol. The molecule has 12 heavy (non-hydrogen) atoms. The van der Waals surface area contributed by atoms with Crippen LogP contribution in [0, 0.1) is 0 Å². The van der Waals surface area contributed by atoms with Crippen LogP contribution in [0.5, 0.6) is 0 Å². The number of carbonyl (C=O) groups is 1. The third-order valence-electron chi connectivity index (χ3n) is 1.47. The second kappa shape index (κ2) is 9.56. The van der Waals surface area contributed by atoms with E-state index >= 15 is 0 Å². The molecule has 0 saturated carbocycles. The van der Waals surface area contributed by atoms with E-state index in [1.54, 1.807) is 0 Å².